The number of aromatic amines is 1. The third-order valence-corrected chi connectivity index (χ3v) is 5.97. The van der Waals surface area contributed by atoms with Crippen molar-refractivity contribution in [3.63, 3.8) is 0 Å². The van der Waals surface area contributed by atoms with Crippen LogP contribution in [-0.2, 0) is 0 Å². The largest absolute Gasteiger partial charge is 0.362 e. The molecular weight excluding hydrogens is 378 g/mol. The van der Waals surface area contributed by atoms with Crippen molar-refractivity contribution < 1.29 is 9.32 Å². The van der Waals surface area contributed by atoms with E-state index in [2.05, 4.69) is 28.2 Å². The van der Waals surface area contributed by atoms with Crippen molar-refractivity contribution >= 4 is 24.5 Å². The molecule has 158 valence electrons. The van der Waals surface area contributed by atoms with Crippen molar-refractivity contribution in [1.82, 2.24) is 19.9 Å². The van der Waals surface area contributed by atoms with Crippen LogP contribution in [0.2, 0.25) is 0 Å². The summed E-state index contributed by atoms with van der Waals surface area (Å²) in [5.41, 5.74) is 1.97. The Kier molecular flexibility index (Phi) is 5.13. The highest BCUT2D eigenvalue weighted by molar-refractivity contribution is 5.97. The Labute approximate surface area is 176 Å². The number of carbonyl (C=O) groups excluding carboxylic acids is 1. The third kappa shape index (κ3) is 3.60. The van der Waals surface area contributed by atoms with Gasteiger partial charge in [0.15, 0.2) is 0 Å². The number of nitrogens with one attached hydrogen (secondary N) is 1. The minimum Gasteiger partial charge on any atom is -0.362 e. The first-order chi connectivity index (χ1) is 14.3. The first-order valence-corrected chi connectivity index (χ1v) is 10.4. The van der Waals surface area contributed by atoms with E-state index in [0.717, 1.165) is 54.3 Å². The number of hydrogen-bond donors (Lipinski definition) is 1. The van der Waals surface area contributed by atoms with Crippen LogP contribution in [0.4, 0.5) is 0 Å². The van der Waals surface area contributed by atoms with Crippen molar-refractivity contribution in [3.05, 3.63) is 52.0 Å². The molecule has 2 aromatic rings. The summed E-state index contributed by atoms with van der Waals surface area (Å²) < 4.78 is 5.25. The van der Waals surface area contributed by atoms with Crippen LogP contribution in [0.3, 0.4) is 0 Å². The maximum absolute atomic E-state index is 13.4. The van der Waals surface area contributed by atoms with Crippen LogP contribution in [0, 0.1) is 13.8 Å². The maximum Gasteiger partial charge on any atom is 0.259 e. The van der Waals surface area contributed by atoms with Crippen LogP contribution in [0.1, 0.15) is 48.0 Å². The molecule has 2 fully saturated rings. The summed E-state index contributed by atoms with van der Waals surface area (Å²) in [7, 11) is 0. The summed E-state index contributed by atoms with van der Waals surface area (Å²) >= 11 is 0. The number of aryl methyl sites for hydroxylation is 2. The fourth-order valence-corrected chi connectivity index (χ4v) is 4.28. The van der Waals surface area contributed by atoms with Gasteiger partial charge in [-0.25, -0.2) is 4.99 Å². The molecule has 2 aliphatic rings. The number of carbonyl (C=O) groups is 1. The van der Waals surface area contributed by atoms with E-state index in [-0.39, 0.29) is 11.4 Å². The Morgan fingerprint density at radius 1 is 1.37 bits per heavy atom. The van der Waals surface area contributed by atoms with E-state index in [0.29, 0.717) is 23.6 Å². The zero-order valence-corrected chi connectivity index (χ0v) is 18.0. The zero-order chi connectivity index (χ0) is 21.5. The van der Waals surface area contributed by atoms with Gasteiger partial charge in [-0.1, -0.05) is 18.3 Å². The Morgan fingerprint density at radius 2 is 2.13 bits per heavy atom. The van der Waals surface area contributed by atoms with Gasteiger partial charge in [0.25, 0.3) is 5.91 Å². The highest BCUT2D eigenvalue weighted by atomic mass is 16.5. The number of aromatic nitrogens is 2. The molecule has 7 heteroatoms. The van der Waals surface area contributed by atoms with E-state index in [1.807, 2.05) is 31.0 Å². The van der Waals surface area contributed by atoms with Gasteiger partial charge in [0.1, 0.15) is 17.1 Å². The summed E-state index contributed by atoms with van der Waals surface area (Å²) in [6.45, 7) is 15.9. The molecule has 0 bridgehead atoms. The SMILES string of the molecule is C=C(C)/C=N\C(=c1\cc[nH]c1=C)N1CCCN(C(=O)c2c(C)noc2C)C2(CC2)C1. The normalized spacial score (nSPS) is 19.3. The standard InChI is InChI=1S/C23H29N5O2/c1-15(2)13-25-21(19-7-10-24-16(19)3)27-11-6-12-28(23(14-27)8-9-23)22(29)20-17(4)26-30-18(20)5/h7,10,13,24H,1,3,6,8-9,11-12,14H2,2,4-5H3/b21-19+,25-13-. The number of hydrogen-bond acceptors (Lipinski definition) is 5. The second-order valence-corrected chi connectivity index (χ2v) is 8.45. The second kappa shape index (κ2) is 7.63. The van der Waals surface area contributed by atoms with E-state index >= 15 is 0 Å². The van der Waals surface area contributed by atoms with E-state index in [4.69, 9.17) is 9.52 Å². The minimum atomic E-state index is -0.175. The van der Waals surface area contributed by atoms with Gasteiger partial charge in [-0.05, 0) is 51.7 Å². The van der Waals surface area contributed by atoms with Gasteiger partial charge in [0, 0.05) is 42.6 Å². The van der Waals surface area contributed by atoms with E-state index < -0.39 is 0 Å². The number of aliphatic imine (C=N–C) groups is 1. The molecule has 0 radical (unpaired) electrons. The van der Waals surface area contributed by atoms with Gasteiger partial charge in [-0.3, -0.25) is 4.79 Å². The Balaban J connectivity index is 1.69. The van der Waals surface area contributed by atoms with Crippen molar-refractivity contribution in [2.45, 2.75) is 45.6 Å². The van der Waals surface area contributed by atoms with Gasteiger partial charge >= 0.3 is 0 Å². The van der Waals surface area contributed by atoms with Crippen LogP contribution in [0.25, 0.3) is 12.4 Å². The summed E-state index contributed by atoms with van der Waals surface area (Å²) in [6, 6.07) is 2.00. The van der Waals surface area contributed by atoms with Crippen LogP contribution in [-0.4, -0.2) is 57.2 Å². The van der Waals surface area contributed by atoms with Crippen LogP contribution >= 0.6 is 0 Å². The lowest BCUT2D eigenvalue weighted by atomic mass is 10.1. The number of rotatable bonds is 4. The zero-order valence-electron chi connectivity index (χ0n) is 18.0. The smallest absolute Gasteiger partial charge is 0.259 e. The average molecular weight is 408 g/mol. The summed E-state index contributed by atoms with van der Waals surface area (Å²) in [5.74, 6) is 1.49. The Morgan fingerprint density at radius 3 is 2.70 bits per heavy atom. The number of allylic oxidation sites excluding steroid dienone is 1. The van der Waals surface area contributed by atoms with Gasteiger partial charge in [-0.15, -0.1) is 0 Å². The van der Waals surface area contributed by atoms with Crippen LogP contribution < -0.4 is 10.6 Å². The van der Waals surface area contributed by atoms with Crippen molar-refractivity contribution in [2.24, 2.45) is 4.99 Å². The van der Waals surface area contributed by atoms with E-state index in [1.165, 1.54) is 0 Å². The fraction of sp³-hybridized carbons (Fsp3) is 0.435. The fourth-order valence-electron chi connectivity index (χ4n) is 4.28. The molecule has 1 spiro atoms. The molecule has 1 N–H and O–H groups in total. The minimum absolute atomic E-state index is 0.0251. The molecular formula is C23H29N5O2. The van der Waals surface area contributed by atoms with Crippen LogP contribution in [0.15, 0.2) is 33.9 Å². The van der Waals surface area contributed by atoms with Crippen LogP contribution in [0.5, 0.6) is 0 Å². The van der Waals surface area contributed by atoms with Crippen molar-refractivity contribution in [2.75, 3.05) is 19.6 Å². The van der Waals surface area contributed by atoms with Gasteiger partial charge in [0.2, 0.25) is 0 Å². The molecule has 1 aliphatic heterocycles. The van der Waals surface area contributed by atoms with Gasteiger partial charge in [-0.2, -0.15) is 0 Å². The quantitative estimate of drug-likeness (QED) is 0.788. The summed E-state index contributed by atoms with van der Waals surface area (Å²) in [4.78, 5) is 25.7. The highest BCUT2D eigenvalue weighted by Gasteiger charge is 2.53. The topological polar surface area (TPSA) is 77.7 Å². The molecule has 0 atom stereocenters. The maximum atomic E-state index is 13.4. The summed E-state index contributed by atoms with van der Waals surface area (Å²) in [6.07, 6.45) is 6.51. The first kappa shape index (κ1) is 20.2. The molecule has 1 saturated carbocycles. The van der Waals surface area contributed by atoms with Crippen molar-refractivity contribution in [3.8, 4) is 0 Å². The summed E-state index contributed by atoms with van der Waals surface area (Å²) in [5, 5.41) is 5.79. The highest BCUT2D eigenvalue weighted by Crippen LogP contribution is 2.45. The molecule has 7 nitrogen and oxygen atoms in total. The Bertz CT molecular complexity index is 1100. The van der Waals surface area contributed by atoms with E-state index in [1.54, 1.807) is 13.1 Å². The molecule has 1 saturated heterocycles. The Hall–Kier alpha value is -3.09. The molecule has 1 amide bonds. The number of H-pyrrole nitrogens is 1. The molecule has 2 aromatic heterocycles. The number of nitrogens with zero attached hydrogens (tertiary/aromatic N) is 4. The third-order valence-electron chi connectivity index (χ3n) is 5.97. The number of amides is 1. The predicted molar refractivity (Wildman–Crippen MR) is 117 cm³/mol. The molecule has 0 unspecified atom stereocenters. The lowest BCUT2D eigenvalue weighted by molar-refractivity contribution is 0.0652. The lowest BCUT2D eigenvalue weighted by Gasteiger charge is -2.33. The second-order valence-electron chi connectivity index (χ2n) is 8.45. The molecule has 0 aromatic carbocycles. The molecule has 3 heterocycles. The first-order valence-electron chi connectivity index (χ1n) is 10.4. The van der Waals surface area contributed by atoms with E-state index in [9.17, 15) is 4.79 Å². The molecule has 4 rings (SSSR count). The lowest BCUT2D eigenvalue weighted by Crippen LogP contribution is -2.47. The molecule has 1 aliphatic carbocycles. The average Bonchev–Trinajstić information content (AvgIpc) is 3.29. The predicted octanol–water partition coefficient (Wildman–Crippen LogP) is 2.12. The monoisotopic (exact) mass is 407 g/mol. The van der Waals surface area contributed by atoms with Gasteiger partial charge < -0.3 is 19.3 Å². The van der Waals surface area contributed by atoms with Gasteiger partial charge in [0.05, 0.1) is 11.2 Å². The van der Waals surface area contributed by atoms with Crippen molar-refractivity contribution in [1.29, 1.82) is 0 Å². The molecule has 30 heavy (non-hydrogen) atoms.